The Hall–Kier alpha value is -2.01. The van der Waals surface area contributed by atoms with Crippen molar-refractivity contribution in [1.29, 1.82) is 0 Å². The van der Waals surface area contributed by atoms with Gasteiger partial charge in [0.05, 0.1) is 25.0 Å². The standard InChI is InChI=1S/C14H16N2O2S/c1-10(17)16-12-7-8-19-14(12)9-15-11-5-3-4-6-13(11)18-2/h3-8,15H,9H2,1-2H3,(H,16,17). The van der Waals surface area contributed by atoms with Crippen molar-refractivity contribution >= 4 is 28.6 Å². The highest BCUT2D eigenvalue weighted by Crippen LogP contribution is 2.27. The molecule has 0 aliphatic rings. The highest BCUT2D eigenvalue weighted by Gasteiger charge is 2.07. The summed E-state index contributed by atoms with van der Waals surface area (Å²) in [5.41, 5.74) is 1.80. The Kier molecular flexibility index (Phi) is 4.41. The fraction of sp³-hybridized carbons (Fsp3) is 0.214. The zero-order valence-electron chi connectivity index (χ0n) is 10.9. The van der Waals surface area contributed by atoms with Crippen LogP contribution in [0.5, 0.6) is 5.75 Å². The summed E-state index contributed by atoms with van der Waals surface area (Å²) in [5, 5.41) is 8.10. The lowest BCUT2D eigenvalue weighted by atomic mass is 10.3. The predicted octanol–water partition coefficient (Wildman–Crippen LogP) is 3.33. The van der Waals surface area contributed by atoms with Crippen LogP contribution in [0.4, 0.5) is 11.4 Å². The fourth-order valence-corrected chi connectivity index (χ4v) is 2.51. The maximum absolute atomic E-state index is 11.1. The average Bonchev–Trinajstić information content (AvgIpc) is 2.83. The molecule has 0 bridgehead atoms. The number of anilines is 2. The maximum Gasteiger partial charge on any atom is 0.221 e. The van der Waals surface area contributed by atoms with Gasteiger partial charge in [0.15, 0.2) is 0 Å². The normalized spacial score (nSPS) is 10.0. The molecule has 0 saturated carbocycles. The molecule has 0 radical (unpaired) electrons. The van der Waals surface area contributed by atoms with Gasteiger partial charge in [-0.3, -0.25) is 4.79 Å². The van der Waals surface area contributed by atoms with E-state index in [-0.39, 0.29) is 5.91 Å². The Morgan fingerprint density at radius 3 is 2.79 bits per heavy atom. The van der Waals surface area contributed by atoms with Gasteiger partial charge in [-0.1, -0.05) is 12.1 Å². The van der Waals surface area contributed by atoms with E-state index in [0.29, 0.717) is 6.54 Å². The van der Waals surface area contributed by atoms with Crippen molar-refractivity contribution in [2.24, 2.45) is 0 Å². The highest BCUT2D eigenvalue weighted by molar-refractivity contribution is 7.10. The second-order valence-electron chi connectivity index (χ2n) is 3.99. The molecule has 0 unspecified atom stereocenters. The first-order valence-electron chi connectivity index (χ1n) is 5.91. The van der Waals surface area contributed by atoms with Crippen LogP contribution in [0.1, 0.15) is 11.8 Å². The first-order chi connectivity index (χ1) is 9.20. The maximum atomic E-state index is 11.1. The minimum atomic E-state index is -0.0584. The van der Waals surface area contributed by atoms with E-state index in [4.69, 9.17) is 4.74 Å². The third-order valence-electron chi connectivity index (χ3n) is 2.60. The van der Waals surface area contributed by atoms with Gasteiger partial charge in [-0.25, -0.2) is 0 Å². The number of nitrogens with one attached hydrogen (secondary N) is 2. The molecule has 0 aliphatic carbocycles. The fourth-order valence-electron chi connectivity index (χ4n) is 1.74. The number of amides is 1. The predicted molar refractivity (Wildman–Crippen MR) is 78.9 cm³/mol. The summed E-state index contributed by atoms with van der Waals surface area (Å²) in [6, 6.07) is 9.66. The van der Waals surface area contributed by atoms with E-state index >= 15 is 0 Å². The molecule has 5 heteroatoms. The van der Waals surface area contributed by atoms with Crippen molar-refractivity contribution in [1.82, 2.24) is 0 Å². The van der Waals surface area contributed by atoms with Crippen LogP contribution in [0, 0.1) is 0 Å². The van der Waals surface area contributed by atoms with Crippen LogP contribution in [0.3, 0.4) is 0 Å². The van der Waals surface area contributed by atoms with Crippen LogP contribution in [-0.4, -0.2) is 13.0 Å². The molecular weight excluding hydrogens is 260 g/mol. The number of rotatable bonds is 5. The highest BCUT2D eigenvalue weighted by atomic mass is 32.1. The van der Waals surface area contributed by atoms with Crippen molar-refractivity contribution in [3.63, 3.8) is 0 Å². The van der Waals surface area contributed by atoms with E-state index in [1.807, 2.05) is 35.7 Å². The molecule has 19 heavy (non-hydrogen) atoms. The summed E-state index contributed by atoms with van der Waals surface area (Å²) in [4.78, 5) is 12.2. The van der Waals surface area contributed by atoms with Crippen LogP contribution in [-0.2, 0) is 11.3 Å². The summed E-state index contributed by atoms with van der Waals surface area (Å²) in [6.07, 6.45) is 0. The molecule has 100 valence electrons. The zero-order chi connectivity index (χ0) is 13.7. The number of benzene rings is 1. The minimum Gasteiger partial charge on any atom is -0.495 e. The summed E-state index contributed by atoms with van der Waals surface area (Å²) in [7, 11) is 1.65. The van der Waals surface area contributed by atoms with Crippen LogP contribution >= 0.6 is 11.3 Å². The van der Waals surface area contributed by atoms with Gasteiger partial charge in [-0.05, 0) is 23.6 Å². The molecule has 2 rings (SSSR count). The molecule has 0 spiro atoms. The molecule has 2 aromatic rings. The second-order valence-corrected chi connectivity index (χ2v) is 4.99. The molecule has 1 aromatic carbocycles. The number of ether oxygens (including phenoxy) is 1. The van der Waals surface area contributed by atoms with Gasteiger partial charge in [-0.15, -0.1) is 11.3 Å². The first-order valence-corrected chi connectivity index (χ1v) is 6.79. The largest absolute Gasteiger partial charge is 0.495 e. The summed E-state index contributed by atoms with van der Waals surface area (Å²) in [5.74, 6) is 0.747. The number of thiophene rings is 1. The van der Waals surface area contributed by atoms with Crippen molar-refractivity contribution < 1.29 is 9.53 Å². The van der Waals surface area contributed by atoms with Crippen LogP contribution < -0.4 is 15.4 Å². The lowest BCUT2D eigenvalue weighted by Gasteiger charge is -2.11. The van der Waals surface area contributed by atoms with Gasteiger partial charge < -0.3 is 15.4 Å². The first kappa shape index (κ1) is 13.4. The van der Waals surface area contributed by atoms with E-state index in [0.717, 1.165) is 22.0 Å². The topological polar surface area (TPSA) is 50.4 Å². The van der Waals surface area contributed by atoms with Gasteiger partial charge in [0, 0.05) is 11.8 Å². The number of carbonyl (C=O) groups is 1. The third kappa shape index (κ3) is 3.48. The Morgan fingerprint density at radius 2 is 2.05 bits per heavy atom. The monoisotopic (exact) mass is 276 g/mol. The van der Waals surface area contributed by atoms with Crippen LogP contribution in [0.2, 0.25) is 0 Å². The van der Waals surface area contributed by atoms with Crippen molar-refractivity contribution in [2.75, 3.05) is 17.7 Å². The van der Waals surface area contributed by atoms with E-state index < -0.39 is 0 Å². The molecule has 1 heterocycles. The molecule has 1 amide bonds. The second kappa shape index (κ2) is 6.24. The minimum absolute atomic E-state index is 0.0584. The SMILES string of the molecule is COc1ccccc1NCc1sccc1NC(C)=O. The average molecular weight is 276 g/mol. The molecule has 0 fully saturated rings. The van der Waals surface area contributed by atoms with Crippen molar-refractivity contribution in [3.8, 4) is 5.75 Å². The Bertz CT molecular complexity index is 566. The van der Waals surface area contributed by atoms with Crippen LogP contribution in [0.25, 0.3) is 0 Å². The molecule has 1 aromatic heterocycles. The molecular formula is C14H16N2O2S. The number of hydrogen-bond donors (Lipinski definition) is 2. The molecule has 0 atom stereocenters. The molecule has 0 saturated heterocycles. The number of hydrogen-bond acceptors (Lipinski definition) is 4. The summed E-state index contributed by atoms with van der Waals surface area (Å²) < 4.78 is 5.28. The van der Waals surface area contributed by atoms with Gasteiger partial charge in [0.2, 0.25) is 5.91 Å². The Morgan fingerprint density at radius 1 is 1.26 bits per heavy atom. The van der Waals surface area contributed by atoms with E-state index in [9.17, 15) is 4.79 Å². The number of para-hydroxylation sites is 2. The van der Waals surface area contributed by atoms with E-state index in [1.54, 1.807) is 18.4 Å². The van der Waals surface area contributed by atoms with Crippen molar-refractivity contribution in [2.45, 2.75) is 13.5 Å². The van der Waals surface area contributed by atoms with Gasteiger partial charge >= 0.3 is 0 Å². The van der Waals surface area contributed by atoms with Gasteiger partial charge in [-0.2, -0.15) is 0 Å². The smallest absolute Gasteiger partial charge is 0.221 e. The summed E-state index contributed by atoms with van der Waals surface area (Å²) in [6.45, 7) is 2.16. The zero-order valence-corrected chi connectivity index (χ0v) is 11.7. The number of methoxy groups -OCH3 is 1. The summed E-state index contributed by atoms with van der Waals surface area (Å²) >= 11 is 1.61. The van der Waals surface area contributed by atoms with Crippen molar-refractivity contribution in [3.05, 3.63) is 40.6 Å². The lowest BCUT2D eigenvalue weighted by Crippen LogP contribution is -2.08. The Labute approximate surface area is 116 Å². The third-order valence-corrected chi connectivity index (χ3v) is 3.52. The quantitative estimate of drug-likeness (QED) is 0.880. The van der Waals surface area contributed by atoms with Gasteiger partial charge in [0.1, 0.15) is 5.75 Å². The Balaban J connectivity index is 2.06. The number of carbonyl (C=O) groups excluding carboxylic acids is 1. The molecule has 0 aliphatic heterocycles. The molecule has 2 N–H and O–H groups in total. The lowest BCUT2D eigenvalue weighted by molar-refractivity contribution is -0.114. The van der Waals surface area contributed by atoms with Gasteiger partial charge in [0.25, 0.3) is 0 Å². The van der Waals surface area contributed by atoms with Crippen LogP contribution in [0.15, 0.2) is 35.7 Å². The van der Waals surface area contributed by atoms with E-state index in [1.165, 1.54) is 6.92 Å². The molecule has 4 nitrogen and oxygen atoms in total. The van der Waals surface area contributed by atoms with E-state index in [2.05, 4.69) is 10.6 Å².